The van der Waals surface area contributed by atoms with Crippen molar-refractivity contribution < 1.29 is 19.1 Å². The predicted molar refractivity (Wildman–Crippen MR) is 92.9 cm³/mol. The predicted octanol–water partition coefficient (Wildman–Crippen LogP) is 2.60. The average Bonchev–Trinajstić information content (AvgIpc) is 2.60. The number of nitrogens with one attached hydrogen (secondary N) is 2. The van der Waals surface area contributed by atoms with E-state index < -0.39 is 11.9 Å². The van der Waals surface area contributed by atoms with Crippen LogP contribution in [0.5, 0.6) is 0 Å². The Morgan fingerprint density at radius 3 is 2.25 bits per heavy atom. The molecule has 0 aliphatic heterocycles. The van der Waals surface area contributed by atoms with Crippen LogP contribution in [0.25, 0.3) is 0 Å². The number of ether oxygens (including phenoxy) is 1. The van der Waals surface area contributed by atoms with Gasteiger partial charge in [0.1, 0.15) is 6.54 Å². The van der Waals surface area contributed by atoms with Crippen LogP contribution in [0.4, 0.5) is 5.69 Å². The van der Waals surface area contributed by atoms with E-state index >= 15 is 0 Å². The van der Waals surface area contributed by atoms with Crippen molar-refractivity contribution in [2.75, 3.05) is 19.0 Å². The summed E-state index contributed by atoms with van der Waals surface area (Å²) in [5.74, 6) is -1.39. The van der Waals surface area contributed by atoms with Gasteiger partial charge >= 0.3 is 5.97 Å². The van der Waals surface area contributed by atoms with E-state index in [9.17, 15) is 14.4 Å². The zero-order valence-electron chi connectivity index (χ0n) is 12.8. The fraction of sp³-hybridized carbons (Fsp3) is 0.118. The van der Waals surface area contributed by atoms with E-state index in [0.717, 1.165) is 0 Å². The van der Waals surface area contributed by atoms with Crippen LogP contribution >= 0.6 is 15.9 Å². The molecule has 124 valence electrons. The van der Waals surface area contributed by atoms with E-state index in [1.165, 1.54) is 7.11 Å². The first-order valence-corrected chi connectivity index (χ1v) is 7.82. The molecule has 0 aliphatic rings. The van der Waals surface area contributed by atoms with Gasteiger partial charge in [0.25, 0.3) is 11.8 Å². The largest absolute Gasteiger partial charge is 0.468 e. The van der Waals surface area contributed by atoms with Crippen molar-refractivity contribution >= 4 is 39.4 Å². The zero-order chi connectivity index (χ0) is 17.5. The first kappa shape index (κ1) is 17.7. The summed E-state index contributed by atoms with van der Waals surface area (Å²) in [5.41, 5.74) is 1.05. The van der Waals surface area contributed by atoms with Gasteiger partial charge < -0.3 is 15.4 Å². The average molecular weight is 391 g/mol. The molecule has 0 aromatic heterocycles. The fourth-order valence-corrected chi connectivity index (χ4v) is 2.41. The molecule has 0 atom stereocenters. The summed E-state index contributed by atoms with van der Waals surface area (Å²) < 4.78 is 5.12. The summed E-state index contributed by atoms with van der Waals surface area (Å²) in [7, 11) is 1.24. The highest BCUT2D eigenvalue weighted by atomic mass is 79.9. The van der Waals surface area contributed by atoms with E-state index in [1.54, 1.807) is 48.5 Å². The number of rotatable bonds is 5. The molecule has 0 bridgehead atoms. The Kier molecular flexibility index (Phi) is 6.08. The molecule has 0 spiro atoms. The van der Waals surface area contributed by atoms with Crippen LogP contribution in [0.1, 0.15) is 20.7 Å². The third kappa shape index (κ3) is 4.42. The number of esters is 1. The lowest BCUT2D eigenvalue weighted by atomic mass is 10.1. The Morgan fingerprint density at radius 1 is 0.958 bits per heavy atom. The molecule has 2 rings (SSSR count). The summed E-state index contributed by atoms with van der Waals surface area (Å²) in [6.07, 6.45) is 0. The standard InChI is InChI=1S/C17H15BrN2O4/c1-24-15(21)10-19-16(22)12-7-3-5-9-14(12)20-17(23)11-6-2-4-8-13(11)18/h2-9H,10H2,1H3,(H,19,22)(H,20,23). The maximum atomic E-state index is 12.4. The molecule has 2 aromatic rings. The van der Waals surface area contributed by atoms with Crippen molar-refractivity contribution in [1.82, 2.24) is 5.32 Å². The number of carbonyl (C=O) groups is 3. The molecule has 7 heteroatoms. The van der Waals surface area contributed by atoms with Gasteiger partial charge in [-0.05, 0) is 40.2 Å². The van der Waals surface area contributed by atoms with Crippen LogP contribution in [0.2, 0.25) is 0 Å². The molecule has 0 fully saturated rings. The Balaban J connectivity index is 2.17. The van der Waals surface area contributed by atoms with Gasteiger partial charge in [-0.2, -0.15) is 0 Å². The van der Waals surface area contributed by atoms with Crippen molar-refractivity contribution in [3.8, 4) is 0 Å². The fourth-order valence-electron chi connectivity index (χ4n) is 1.94. The topological polar surface area (TPSA) is 84.5 Å². The van der Waals surface area contributed by atoms with Crippen LogP contribution in [-0.2, 0) is 9.53 Å². The minimum atomic E-state index is -0.557. The van der Waals surface area contributed by atoms with Gasteiger partial charge in [-0.1, -0.05) is 24.3 Å². The van der Waals surface area contributed by atoms with Crippen molar-refractivity contribution in [2.24, 2.45) is 0 Å². The summed E-state index contributed by atoms with van der Waals surface area (Å²) >= 11 is 3.31. The van der Waals surface area contributed by atoms with Gasteiger partial charge in [-0.25, -0.2) is 0 Å². The second-order valence-corrected chi connectivity index (χ2v) is 5.59. The second kappa shape index (κ2) is 8.26. The lowest BCUT2D eigenvalue weighted by Crippen LogP contribution is -2.31. The molecule has 0 unspecified atom stereocenters. The minimum absolute atomic E-state index is 0.248. The molecule has 0 aliphatic carbocycles. The molecule has 24 heavy (non-hydrogen) atoms. The highest BCUT2D eigenvalue weighted by Crippen LogP contribution is 2.20. The van der Waals surface area contributed by atoms with Crippen LogP contribution in [-0.4, -0.2) is 31.4 Å². The Bertz CT molecular complexity index is 777. The summed E-state index contributed by atoms with van der Waals surface area (Å²) in [6.45, 7) is -0.248. The van der Waals surface area contributed by atoms with Gasteiger partial charge in [0.05, 0.1) is 23.9 Å². The molecule has 2 amide bonds. The van der Waals surface area contributed by atoms with Gasteiger partial charge in [0, 0.05) is 4.47 Å². The molecule has 0 radical (unpaired) electrons. The molecule has 0 heterocycles. The number of hydrogen-bond acceptors (Lipinski definition) is 4. The van der Waals surface area contributed by atoms with Gasteiger partial charge in [-0.15, -0.1) is 0 Å². The van der Waals surface area contributed by atoms with Crippen molar-refractivity contribution in [1.29, 1.82) is 0 Å². The number of halogens is 1. The normalized spacial score (nSPS) is 9.92. The molecule has 6 nitrogen and oxygen atoms in total. The van der Waals surface area contributed by atoms with E-state index in [-0.39, 0.29) is 18.0 Å². The van der Waals surface area contributed by atoms with Crippen molar-refractivity contribution in [3.63, 3.8) is 0 Å². The van der Waals surface area contributed by atoms with E-state index in [0.29, 0.717) is 15.7 Å². The van der Waals surface area contributed by atoms with E-state index in [4.69, 9.17) is 0 Å². The van der Waals surface area contributed by atoms with Gasteiger partial charge in [0.2, 0.25) is 0 Å². The molecule has 2 N–H and O–H groups in total. The lowest BCUT2D eigenvalue weighted by Gasteiger charge is -2.11. The van der Waals surface area contributed by atoms with Gasteiger partial charge in [0.15, 0.2) is 0 Å². The molecular formula is C17H15BrN2O4. The van der Waals surface area contributed by atoms with E-state index in [1.807, 2.05) is 0 Å². The van der Waals surface area contributed by atoms with Gasteiger partial charge in [-0.3, -0.25) is 14.4 Å². The summed E-state index contributed by atoms with van der Waals surface area (Å²) in [4.78, 5) is 35.7. The first-order chi connectivity index (χ1) is 11.5. The maximum absolute atomic E-state index is 12.4. The van der Waals surface area contributed by atoms with Crippen LogP contribution in [0.3, 0.4) is 0 Å². The maximum Gasteiger partial charge on any atom is 0.325 e. The van der Waals surface area contributed by atoms with Crippen molar-refractivity contribution in [3.05, 3.63) is 64.1 Å². The minimum Gasteiger partial charge on any atom is -0.468 e. The number of para-hydroxylation sites is 1. The SMILES string of the molecule is COC(=O)CNC(=O)c1ccccc1NC(=O)c1ccccc1Br. The molecule has 0 saturated carbocycles. The summed E-state index contributed by atoms with van der Waals surface area (Å²) in [6, 6.07) is 13.5. The molecule has 0 saturated heterocycles. The number of amides is 2. The molecule has 2 aromatic carbocycles. The third-order valence-electron chi connectivity index (χ3n) is 3.16. The third-order valence-corrected chi connectivity index (χ3v) is 3.85. The Labute approximate surface area is 147 Å². The monoisotopic (exact) mass is 390 g/mol. The molecular weight excluding hydrogens is 376 g/mol. The lowest BCUT2D eigenvalue weighted by molar-refractivity contribution is -0.139. The second-order valence-electron chi connectivity index (χ2n) is 4.74. The highest BCUT2D eigenvalue weighted by Gasteiger charge is 2.16. The number of anilines is 1. The number of carbonyl (C=O) groups excluding carboxylic acids is 3. The van der Waals surface area contributed by atoms with Crippen LogP contribution in [0.15, 0.2) is 53.0 Å². The van der Waals surface area contributed by atoms with Crippen LogP contribution < -0.4 is 10.6 Å². The van der Waals surface area contributed by atoms with E-state index in [2.05, 4.69) is 31.3 Å². The first-order valence-electron chi connectivity index (χ1n) is 7.03. The zero-order valence-corrected chi connectivity index (χ0v) is 14.4. The number of hydrogen-bond donors (Lipinski definition) is 2. The Hall–Kier alpha value is -2.67. The van der Waals surface area contributed by atoms with Crippen LogP contribution in [0, 0.1) is 0 Å². The quantitative estimate of drug-likeness (QED) is 0.768. The Morgan fingerprint density at radius 2 is 1.58 bits per heavy atom. The highest BCUT2D eigenvalue weighted by molar-refractivity contribution is 9.10. The number of benzene rings is 2. The van der Waals surface area contributed by atoms with Crippen molar-refractivity contribution in [2.45, 2.75) is 0 Å². The smallest absolute Gasteiger partial charge is 0.325 e. The summed E-state index contributed by atoms with van der Waals surface area (Å²) in [5, 5.41) is 5.14. The number of methoxy groups -OCH3 is 1.